The Morgan fingerprint density at radius 1 is 0.957 bits per heavy atom. The van der Waals surface area contributed by atoms with Crippen molar-refractivity contribution in [2.45, 2.75) is 12.8 Å². The third kappa shape index (κ3) is 3.48. The van der Waals surface area contributed by atoms with E-state index in [0.717, 1.165) is 10.5 Å². The maximum atomic E-state index is 4.70. The minimum atomic E-state index is 0.119. The lowest BCUT2D eigenvalue weighted by atomic mass is 9.92. The first-order chi connectivity index (χ1) is 11.3. The van der Waals surface area contributed by atoms with Crippen molar-refractivity contribution in [1.82, 2.24) is 4.68 Å². The molecular weight excluding hydrogens is 302 g/mol. The summed E-state index contributed by atoms with van der Waals surface area (Å²) in [7, 11) is 1.79. The third-order valence-corrected chi connectivity index (χ3v) is 4.72. The van der Waals surface area contributed by atoms with Gasteiger partial charge in [0.2, 0.25) is 4.80 Å². The van der Waals surface area contributed by atoms with Gasteiger partial charge < -0.3 is 0 Å². The van der Waals surface area contributed by atoms with Crippen molar-refractivity contribution in [2.24, 2.45) is 10.1 Å². The summed E-state index contributed by atoms with van der Waals surface area (Å²) in [6.45, 7) is 2.04. The molecule has 4 heteroatoms. The van der Waals surface area contributed by atoms with Crippen molar-refractivity contribution < 1.29 is 0 Å². The SMILES string of the molecule is CN=c1scc(C)n1N=CC(c1ccccc1)c1ccccc1. The van der Waals surface area contributed by atoms with Crippen molar-refractivity contribution >= 4 is 17.6 Å². The molecule has 0 aliphatic carbocycles. The van der Waals surface area contributed by atoms with Crippen molar-refractivity contribution in [3.05, 3.63) is 87.7 Å². The summed E-state index contributed by atoms with van der Waals surface area (Å²) in [4.78, 5) is 5.18. The maximum Gasteiger partial charge on any atom is 0.205 e. The van der Waals surface area contributed by atoms with E-state index in [1.54, 1.807) is 18.4 Å². The molecule has 0 saturated carbocycles. The Hall–Kier alpha value is -2.46. The fourth-order valence-electron chi connectivity index (χ4n) is 2.50. The van der Waals surface area contributed by atoms with Gasteiger partial charge in [0.1, 0.15) is 0 Å². The average Bonchev–Trinajstić information content (AvgIpc) is 2.97. The first kappa shape index (κ1) is 15.4. The number of rotatable bonds is 4. The Morgan fingerprint density at radius 2 is 1.52 bits per heavy atom. The van der Waals surface area contributed by atoms with Crippen LogP contribution in [0.5, 0.6) is 0 Å². The Labute approximate surface area is 140 Å². The monoisotopic (exact) mass is 321 g/mol. The van der Waals surface area contributed by atoms with Crippen LogP contribution in [0.25, 0.3) is 0 Å². The molecule has 3 rings (SSSR count). The molecule has 1 heterocycles. The summed E-state index contributed by atoms with van der Waals surface area (Å²) in [5.74, 6) is 0.119. The second-order valence-corrected chi connectivity index (χ2v) is 6.10. The molecule has 0 atom stereocenters. The molecule has 0 N–H and O–H groups in total. The number of thiazole rings is 1. The van der Waals surface area contributed by atoms with E-state index >= 15 is 0 Å². The molecule has 0 bridgehead atoms. The van der Waals surface area contributed by atoms with Crippen LogP contribution < -0.4 is 4.80 Å². The summed E-state index contributed by atoms with van der Waals surface area (Å²) >= 11 is 1.60. The van der Waals surface area contributed by atoms with Gasteiger partial charge in [-0.05, 0) is 18.1 Å². The van der Waals surface area contributed by atoms with Crippen molar-refractivity contribution in [1.29, 1.82) is 0 Å². The van der Waals surface area contributed by atoms with Gasteiger partial charge in [0.15, 0.2) is 0 Å². The Kier molecular flexibility index (Phi) is 4.83. The van der Waals surface area contributed by atoms with E-state index < -0.39 is 0 Å². The van der Waals surface area contributed by atoms with Crippen LogP contribution in [0.1, 0.15) is 22.7 Å². The smallest absolute Gasteiger partial charge is 0.205 e. The highest BCUT2D eigenvalue weighted by molar-refractivity contribution is 7.07. The van der Waals surface area contributed by atoms with Crippen LogP contribution in [0.3, 0.4) is 0 Å². The minimum absolute atomic E-state index is 0.119. The van der Waals surface area contributed by atoms with Gasteiger partial charge in [-0.1, -0.05) is 60.7 Å². The number of hydrogen-bond donors (Lipinski definition) is 0. The molecule has 3 nitrogen and oxygen atoms in total. The van der Waals surface area contributed by atoms with Gasteiger partial charge in [0, 0.05) is 24.6 Å². The van der Waals surface area contributed by atoms with Gasteiger partial charge >= 0.3 is 0 Å². The minimum Gasteiger partial charge on any atom is -0.261 e. The molecule has 3 aromatic rings. The number of benzene rings is 2. The fourth-order valence-corrected chi connectivity index (χ4v) is 3.27. The zero-order valence-corrected chi connectivity index (χ0v) is 14.1. The molecule has 0 spiro atoms. The predicted molar refractivity (Wildman–Crippen MR) is 97.2 cm³/mol. The summed E-state index contributed by atoms with van der Waals surface area (Å²) in [5, 5.41) is 6.77. The zero-order valence-electron chi connectivity index (χ0n) is 13.3. The first-order valence-corrected chi connectivity index (χ1v) is 8.42. The molecule has 0 aliphatic heterocycles. The Balaban J connectivity index is 2.03. The number of hydrogen-bond acceptors (Lipinski definition) is 3. The largest absolute Gasteiger partial charge is 0.261 e. The first-order valence-electron chi connectivity index (χ1n) is 7.54. The van der Waals surface area contributed by atoms with E-state index in [0.29, 0.717) is 0 Å². The molecular formula is C19H19N3S. The van der Waals surface area contributed by atoms with Crippen LogP contribution in [-0.4, -0.2) is 17.9 Å². The maximum absolute atomic E-state index is 4.70. The quantitative estimate of drug-likeness (QED) is 0.649. The van der Waals surface area contributed by atoms with Crippen molar-refractivity contribution in [3.63, 3.8) is 0 Å². The Bertz CT molecular complexity index is 806. The van der Waals surface area contributed by atoms with Crippen LogP contribution in [0.2, 0.25) is 0 Å². The summed E-state index contributed by atoms with van der Waals surface area (Å²) in [6, 6.07) is 20.9. The molecule has 0 radical (unpaired) electrons. The molecule has 0 unspecified atom stereocenters. The number of aryl methyl sites for hydroxylation is 1. The molecule has 0 amide bonds. The second kappa shape index (κ2) is 7.20. The molecule has 0 fully saturated rings. The van der Waals surface area contributed by atoms with Gasteiger partial charge in [-0.25, -0.2) is 4.68 Å². The van der Waals surface area contributed by atoms with Crippen LogP contribution in [0.4, 0.5) is 0 Å². The van der Waals surface area contributed by atoms with Gasteiger partial charge in [0.25, 0.3) is 0 Å². The van der Waals surface area contributed by atoms with E-state index in [1.165, 1.54) is 11.1 Å². The van der Waals surface area contributed by atoms with Crippen LogP contribution in [0.15, 0.2) is 76.1 Å². The van der Waals surface area contributed by atoms with E-state index in [9.17, 15) is 0 Å². The van der Waals surface area contributed by atoms with Gasteiger partial charge in [0.05, 0.1) is 5.69 Å². The number of nitrogens with zero attached hydrogens (tertiary/aromatic N) is 3. The lowest BCUT2D eigenvalue weighted by Crippen LogP contribution is -2.13. The highest BCUT2D eigenvalue weighted by Gasteiger charge is 2.11. The van der Waals surface area contributed by atoms with Gasteiger partial charge in [-0.2, -0.15) is 5.10 Å². The molecule has 2 aromatic carbocycles. The highest BCUT2D eigenvalue weighted by atomic mass is 32.1. The van der Waals surface area contributed by atoms with Crippen LogP contribution in [0, 0.1) is 6.92 Å². The topological polar surface area (TPSA) is 29.6 Å². The molecule has 23 heavy (non-hydrogen) atoms. The van der Waals surface area contributed by atoms with Gasteiger partial charge in [-0.15, -0.1) is 11.3 Å². The highest BCUT2D eigenvalue weighted by Crippen LogP contribution is 2.22. The van der Waals surface area contributed by atoms with Crippen LogP contribution in [-0.2, 0) is 0 Å². The van der Waals surface area contributed by atoms with E-state index in [2.05, 4.69) is 58.9 Å². The van der Waals surface area contributed by atoms with E-state index in [4.69, 9.17) is 5.10 Å². The Morgan fingerprint density at radius 3 is 2.04 bits per heavy atom. The molecule has 116 valence electrons. The summed E-state index contributed by atoms with van der Waals surface area (Å²) in [6.07, 6.45) is 2.00. The third-order valence-electron chi connectivity index (χ3n) is 3.69. The lowest BCUT2D eigenvalue weighted by Gasteiger charge is -2.13. The molecule has 1 aromatic heterocycles. The van der Waals surface area contributed by atoms with E-state index in [1.807, 2.05) is 29.9 Å². The average molecular weight is 321 g/mol. The zero-order chi connectivity index (χ0) is 16.1. The predicted octanol–water partition coefficient (Wildman–Crippen LogP) is 4.05. The standard InChI is InChI=1S/C19H19N3S/c1-15-14-23-19(20-2)22(15)21-13-18(16-9-5-3-6-10-16)17-11-7-4-8-12-17/h3-14,18H,1-2H3. The molecule has 0 saturated heterocycles. The lowest BCUT2D eigenvalue weighted by molar-refractivity contribution is 0.798. The summed E-state index contributed by atoms with van der Waals surface area (Å²) in [5.41, 5.74) is 3.54. The summed E-state index contributed by atoms with van der Waals surface area (Å²) < 4.78 is 1.89. The second-order valence-electron chi connectivity index (χ2n) is 5.26. The fraction of sp³-hybridized carbons (Fsp3) is 0.158. The number of aromatic nitrogens is 1. The normalized spacial score (nSPS) is 12.4. The van der Waals surface area contributed by atoms with Crippen molar-refractivity contribution in [3.8, 4) is 0 Å². The molecule has 0 aliphatic rings. The van der Waals surface area contributed by atoms with E-state index in [-0.39, 0.29) is 5.92 Å². The van der Waals surface area contributed by atoms with Crippen LogP contribution >= 0.6 is 11.3 Å². The van der Waals surface area contributed by atoms with Crippen molar-refractivity contribution in [2.75, 3.05) is 7.05 Å². The van der Waals surface area contributed by atoms with Gasteiger partial charge in [-0.3, -0.25) is 4.99 Å².